The Morgan fingerprint density at radius 1 is 1.46 bits per heavy atom. The highest BCUT2D eigenvalue weighted by atomic mass is 79.9. The molecule has 0 radical (unpaired) electrons. The van der Waals surface area contributed by atoms with Crippen LogP contribution in [-0.4, -0.2) is 5.78 Å². The maximum Gasteiger partial charge on any atom is 0.147 e. The van der Waals surface area contributed by atoms with E-state index in [1.807, 2.05) is 6.07 Å². The highest BCUT2D eigenvalue weighted by Gasteiger charge is 2.11. The molecular formula is C10H8BrNO. The van der Waals surface area contributed by atoms with Gasteiger partial charge in [0.05, 0.1) is 16.5 Å². The Bertz CT molecular complexity index is 350. The second kappa shape index (κ2) is 4.20. The van der Waals surface area contributed by atoms with Crippen LogP contribution in [0, 0.1) is 11.3 Å². The third-order valence-electron chi connectivity index (χ3n) is 1.69. The van der Waals surface area contributed by atoms with Gasteiger partial charge in [-0.2, -0.15) is 5.26 Å². The van der Waals surface area contributed by atoms with Crippen LogP contribution in [0.15, 0.2) is 24.3 Å². The standard InChI is InChI=1S/C10H8BrNO/c1-7(13)10(11)9-4-2-8(6-12)3-5-9/h2-5,10H,1H3. The van der Waals surface area contributed by atoms with Gasteiger partial charge in [-0.15, -0.1) is 0 Å². The molecule has 3 heteroatoms. The molecule has 0 aliphatic carbocycles. The van der Waals surface area contributed by atoms with E-state index in [-0.39, 0.29) is 10.6 Å². The van der Waals surface area contributed by atoms with Gasteiger partial charge in [-0.3, -0.25) is 4.79 Å². The third kappa shape index (κ3) is 2.40. The molecule has 1 rings (SSSR count). The maximum atomic E-state index is 11.0. The summed E-state index contributed by atoms with van der Waals surface area (Å²) >= 11 is 3.26. The molecule has 13 heavy (non-hydrogen) atoms. The van der Waals surface area contributed by atoms with E-state index < -0.39 is 0 Å². The van der Waals surface area contributed by atoms with Crippen molar-refractivity contribution in [2.75, 3.05) is 0 Å². The second-order valence-corrected chi connectivity index (χ2v) is 3.62. The van der Waals surface area contributed by atoms with E-state index in [0.29, 0.717) is 5.56 Å². The Labute approximate surface area is 85.3 Å². The summed E-state index contributed by atoms with van der Waals surface area (Å²) in [6, 6.07) is 8.98. The molecule has 0 spiro atoms. The molecule has 0 fully saturated rings. The lowest BCUT2D eigenvalue weighted by Crippen LogP contribution is -2.00. The van der Waals surface area contributed by atoms with Crippen LogP contribution in [0.25, 0.3) is 0 Å². The summed E-state index contributed by atoms with van der Waals surface area (Å²) in [6.45, 7) is 1.53. The summed E-state index contributed by atoms with van der Waals surface area (Å²) in [7, 11) is 0. The van der Waals surface area contributed by atoms with Crippen molar-refractivity contribution < 1.29 is 4.79 Å². The van der Waals surface area contributed by atoms with Gasteiger partial charge >= 0.3 is 0 Å². The molecule has 0 aliphatic rings. The van der Waals surface area contributed by atoms with E-state index in [9.17, 15) is 4.79 Å². The largest absolute Gasteiger partial charge is 0.298 e. The highest BCUT2D eigenvalue weighted by Crippen LogP contribution is 2.23. The molecule has 0 aliphatic heterocycles. The van der Waals surface area contributed by atoms with Gasteiger partial charge in [0.25, 0.3) is 0 Å². The van der Waals surface area contributed by atoms with Gasteiger partial charge in [0.1, 0.15) is 5.78 Å². The molecule has 1 unspecified atom stereocenters. The number of ketones is 1. The molecule has 66 valence electrons. The monoisotopic (exact) mass is 237 g/mol. The number of nitrogens with zero attached hydrogens (tertiary/aromatic N) is 1. The normalized spacial score (nSPS) is 11.8. The average Bonchev–Trinajstić information content (AvgIpc) is 2.17. The van der Waals surface area contributed by atoms with Crippen molar-refractivity contribution >= 4 is 21.7 Å². The zero-order chi connectivity index (χ0) is 9.84. The molecule has 1 atom stereocenters. The first-order valence-electron chi connectivity index (χ1n) is 3.79. The molecule has 0 heterocycles. The predicted molar refractivity (Wildman–Crippen MR) is 53.5 cm³/mol. The predicted octanol–water partition coefficient (Wildman–Crippen LogP) is 2.58. The van der Waals surface area contributed by atoms with E-state index in [1.165, 1.54) is 6.92 Å². The molecule has 0 saturated carbocycles. The zero-order valence-electron chi connectivity index (χ0n) is 7.12. The third-order valence-corrected chi connectivity index (χ3v) is 2.86. The zero-order valence-corrected chi connectivity index (χ0v) is 8.71. The first kappa shape index (κ1) is 9.94. The van der Waals surface area contributed by atoms with Gasteiger partial charge in [0, 0.05) is 0 Å². The van der Waals surface area contributed by atoms with Crippen LogP contribution in [0.3, 0.4) is 0 Å². The Kier molecular flexibility index (Phi) is 3.21. The van der Waals surface area contributed by atoms with E-state index >= 15 is 0 Å². The Balaban J connectivity index is 2.93. The molecule has 2 nitrogen and oxygen atoms in total. The van der Waals surface area contributed by atoms with E-state index in [2.05, 4.69) is 15.9 Å². The number of carbonyl (C=O) groups excluding carboxylic acids is 1. The number of hydrogen-bond acceptors (Lipinski definition) is 2. The molecule has 0 amide bonds. The lowest BCUT2D eigenvalue weighted by Gasteiger charge is -2.04. The molecule has 0 aromatic heterocycles. The maximum absolute atomic E-state index is 11.0. The van der Waals surface area contributed by atoms with Gasteiger partial charge in [-0.25, -0.2) is 0 Å². The van der Waals surface area contributed by atoms with E-state index in [0.717, 1.165) is 5.56 Å². The Hall–Kier alpha value is -1.14. The molecule has 1 aromatic rings. The minimum absolute atomic E-state index is 0.0599. The fourth-order valence-electron chi connectivity index (χ4n) is 0.961. The smallest absolute Gasteiger partial charge is 0.147 e. The lowest BCUT2D eigenvalue weighted by molar-refractivity contribution is -0.116. The van der Waals surface area contributed by atoms with Crippen molar-refractivity contribution in [3.63, 3.8) is 0 Å². The van der Waals surface area contributed by atoms with Gasteiger partial charge in [0.2, 0.25) is 0 Å². The molecular weight excluding hydrogens is 230 g/mol. The summed E-state index contributed by atoms with van der Waals surface area (Å²) in [5.41, 5.74) is 1.48. The van der Waals surface area contributed by atoms with Crippen molar-refractivity contribution in [2.24, 2.45) is 0 Å². The minimum Gasteiger partial charge on any atom is -0.298 e. The molecule has 1 aromatic carbocycles. The molecule has 0 N–H and O–H groups in total. The van der Waals surface area contributed by atoms with Crippen LogP contribution in [0.2, 0.25) is 0 Å². The number of halogens is 1. The lowest BCUT2D eigenvalue weighted by atomic mass is 10.1. The number of hydrogen-bond donors (Lipinski definition) is 0. The summed E-state index contributed by atoms with van der Waals surface area (Å²) < 4.78 is 0. The van der Waals surface area contributed by atoms with Crippen LogP contribution in [0.1, 0.15) is 22.9 Å². The number of rotatable bonds is 2. The minimum atomic E-state index is -0.264. The number of Topliss-reactive ketones (excluding diaryl/α,β-unsaturated/α-hetero) is 1. The van der Waals surface area contributed by atoms with E-state index in [1.54, 1.807) is 24.3 Å². The summed E-state index contributed by atoms with van der Waals surface area (Å²) in [6.07, 6.45) is 0. The number of carbonyl (C=O) groups is 1. The summed E-state index contributed by atoms with van der Waals surface area (Å²) in [5.74, 6) is 0.0599. The molecule has 0 saturated heterocycles. The first-order chi connectivity index (χ1) is 6.15. The second-order valence-electron chi connectivity index (χ2n) is 2.71. The van der Waals surface area contributed by atoms with Crippen molar-refractivity contribution in [2.45, 2.75) is 11.8 Å². The van der Waals surface area contributed by atoms with Gasteiger partial charge in [-0.05, 0) is 24.6 Å². The van der Waals surface area contributed by atoms with Crippen molar-refractivity contribution in [1.82, 2.24) is 0 Å². The first-order valence-corrected chi connectivity index (χ1v) is 4.71. The SMILES string of the molecule is CC(=O)C(Br)c1ccc(C#N)cc1. The Morgan fingerprint density at radius 3 is 2.38 bits per heavy atom. The van der Waals surface area contributed by atoms with Crippen molar-refractivity contribution in [3.05, 3.63) is 35.4 Å². The highest BCUT2D eigenvalue weighted by molar-refractivity contribution is 9.09. The number of benzene rings is 1. The quantitative estimate of drug-likeness (QED) is 0.743. The van der Waals surface area contributed by atoms with Gasteiger partial charge < -0.3 is 0 Å². The van der Waals surface area contributed by atoms with Crippen LogP contribution < -0.4 is 0 Å². The number of alkyl halides is 1. The van der Waals surface area contributed by atoms with Crippen LogP contribution in [-0.2, 0) is 4.79 Å². The van der Waals surface area contributed by atoms with Crippen LogP contribution in [0.5, 0.6) is 0 Å². The summed E-state index contributed by atoms with van der Waals surface area (Å²) in [5, 5.41) is 8.55. The van der Waals surface area contributed by atoms with Gasteiger partial charge in [-0.1, -0.05) is 28.1 Å². The fourth-order valence-corrected chi connectivity index (χ4v) is 1.27. The number of nitriles is 1. The summed E-state index contributed by atoms with van der Waals surface area (Å²) in [4.78, 5) is 10.7. The van der Waals surface area contributed by atoms with Crippen LogP contribution in [0.4, 0.5) is 0 Å². The fraction of sp³-hybridized carbons (Fsp3) is 0.200. The Morgan fingerprint density at radius 2 is 2.00 bits per heavy atom. The average molecular weight is 238 g/mol. The van der Waals surface area contributed by atoms with E-state index in [4.69, 9.17) is 5.26 Å². The van der Waals surface area contributed by atoms with Crippen LogP contribution >= 0.6 is 15.9 Å². The van der Waals surface area contributed by atoms with Crippen molar-refractivity contribution in [1.29, 1.82) is 5.26 Å². The topological polar surface area (TPSA) is 40.9 Å². The van der Waals surface area contributed by atoms with Crippen molar-refractivity contribution in [3.8, 4) is 6.07 Å². The molecule has 0 bridgehead atoms. The van der Waals surface area contributed by atoms with Gasteiger partial charge in [0.15, 0.2) is 0 Å².